The van der Waals surface area contributed by atoms with Gasteiger partial charge in [-0.15, -0.1) is 16.8 Å². The van der Waals surface area contributed by atoms with Crippen molar-refractivity contribution in [1.29, 1.82) is 0 Å². The molecular formula is C20H17Cl2N5O4S. The van der Waals surface area contributed by atoms with Gasteiger partial charge in [-0.2, -0.15) is 0 Å². The lowest BCUT2D eigenvalue weighted by molar-refractivity contribution is -0.384. The van der Waals surface area contributed by atoms with Crippen molar-refractivity contribution >= 4 is 52.2 Å². The van der Waals surface area contributed by atoms with Crippen LogP contribution in [-0.2, 0) is 17.9 Å². The van der Waals surface area contributed by atoms with Gasteiger partial charge in [-0.05, 0) is 24.3 Å². The fraction of sp³-hybridized carbons (Fsp3) is 0.150. The first-order valence-electron chi connectivity index (χ1n) is 9.15. The van der Waals surface area contributed by atoms with Gasteiger partial charge >= 0.3 is 0 Å². The highest BCUT2D eigenvalue weighted by molar-refractivity contribution is 7.99. The minimum Gasteiger partial charge on any atom is -0.484 e. The average molecular weight is 494 g/mol. The second-order valence-corrected chi connectivity index (χ2v) is 8.09. The first kappa shape index (κ1) is 23.6. The number of nitro groups is 1. The van der Waals surface area contributed by atoms with Gasteiger partial charge in [0.25, 0.3) is 5.69 Å². The number of rotatable bonds is 10. The van der Waals surface area contributed by atoms with Crippen molar-refractivity contribution in [1.82, 2.24) is 14.8 Å². The molecule has 0 aliphatic heterocycles. The number of benzene rings is 2. The van der Waals surface area contributed by atoms with Gasteiger partial charge in [0.2, 0.25) is 5.91 Å². The normalized spacial score (nSPS) is 10.6. The van der Waals surface area contributed by atoms with E-state index in [-0.39, 0.29) is 24.0 Å². The number of nitrogens with zero attached hydrogens (tertiary/aromatic N) is 4. The summed E-state index contributed by atoms with van der Waals surface area (Å²) >= 11 is 13.2. The Labute approximate surface area is 197 Å². The molecule has 9 nitrogen and oxygen atoms in total. The zero-order valence-electron chi connectivity index (χ0n) is 16.5. The molecule has 3 aromatic rings. The highest BCUT2D eigenvalue weighted by Gasteiger charge is 2.15. The number of hydrogen-bond acceptors (Lipinski definition) is 7. The molecule has 3 rings (SSSR count). The lowest BCUT2D eigenvalue weighted by atomic mass is 10.3. The average Bonchev–Trinajstić information content (AvgIpc) is 3.13. The van der Waals surface area contributed by atoms with Gasteiger partial charge in [0.1, 0.15) is 12.4 Å². The van der Waals surface area contributed by atoms with Crippen molar-refractivity contribution in [2.75, 3.05) is 11.1 Å². The number of carbonyl (C=O) groups excluding carboxylic acids is 1. The van der Waals surface area contributed by atoms with Gasteiger partial charge in [-0.3, -0.25) is 19.5 Å². The zero-order chi connectivity index (χ0) is 23.1. The third-order valence-corrected chi connectivity index (χ3v) is 5.53. The maximum absolute atomic E-state index is 12.3. The number of hydrogen-bond donors (Lipinski definition) is 1. The monoisotopic (exact) mass is 493 g/mol. The summed E-state index contributed by atoms with van der Waals surface area (Å²) in [5, 5.41) is 23.1. The van der Waals surface area contributed by atoms with Crippen LogP contribution in [0.5, 0.6) is 5.75 Å². The third kappa shape index (κ3) is 6.22. The molecule has 1 amide bonds. The molecule has 0 spiro atoms. The number of amides is 1. The van der Waals surface area contributed by atoms with Crippen molar-refractivity contribution in [3.05, 3.63) is 81.1 Å². The van der Waals surface area contributed by atoms with Gasteiger partial charge in [0.15, 0.2) is 11.0 Å². The predicted octanol–water partition coefficient (Wildman–Crippen LogP) is 4.99. The standard InChI is InChI=1S/C20H17Cl2N5O4S/c1-2-8-26-18(11-31-17-7-6-13(21)9-16(17)22)24-25-20(26)32-12-19(28)23-14-4-3-5-15(10-14)27(29)30/h2-7,9-10H,1,8,11-12H2,(H,23,28). The van der Waals surface area contributed by atoms with Gasteiger partial charge < -0.3 is 10.1 Å². The number of nitrogens with one attached hydrogen (secondary N) is 1. The van der Waals surface area contributed by atoms with Crippen LogP contribution in [0, 0.1) is 10.1 Å². The number of carbonyl (C=O) groups is 1. The SMILES string of the molecule is C=CCn1c(COc2ccc(Cl)cc2Cl)nnc1SCC(=O)Nc1cccc([N+](=O)[O-])c1. The number of thioether (sulfide) groups is 1. The van der Waals surface area contributed by atoms with E-state index in [0.29, 0.717) is 39.0 Å². The van der Waals surface area contributed by atoms with E-state index < -0.39 is 4.92 Å². The van der Waals surface area contributed by atoms with Crippen molar-refractivity contribution in [2.24, 2.45) is 0 Å². The van der Waals surface area contributed by atoms with Crippen molar-refractivity contribution in [3.63, 3.8) is 0 Å². The van der Waals surface area contributed by atoms with E-state index in [1.54, 1.807) is 34.9 Å². The Morgan fingerprint density at radius 3 is 2.81 bits per heavy atom. The fourth-order valence-electron chi connectivity index (χ4n) is 2.60. The van der Waals surface area contributed by atoms with Crippen LogP contribution in [0.15, 0.2) is 60.3 Å². The Balaban J connectivity index is 1.63. The lowest BCUT2D eigenvalue weighted by Gasteiger charge is -2.10. The Morgan fingerprint density at radius 1 is 1.28 bits per heavy atom. The summed E-state index contributed by atoms with van der Waals surface area (Å²) in [7, 11) is 0. The molecule has 0 unspecified atom stereocenters. The predicted molar refractivity (Wildman–Crippen MR) is 123 cm³/mol. The van der Waals surface area contributed by atoms with E-state index in [2.05, 4.69) is 22.1 Å². The summed E-state index contributed by atoms with van der Waals surface area (Å²) < 4.78 is 7.49. The summed E-state index contributed by atoms with van der Waals surface area (Å²) in [5.74, 6) is 0.670. The highest BCUT2D eigenvalue weighted by atomic mass is 35.5. The van der Waals surface area contributed by atoms with Crippen LogP contribution < -0.4 is 10.1 Å². The van der Waals surface area contributed by atoms with E-state index in [1.165, 1.54) is 30.0 Å². The van der Waals surface area contributed by atoms with Crippen LogP contribution in [0.3, 0.4) is 0 Å². The van der Waals surface area contributed by atoms with Crippen molar-refractivity contribution in [2.45, 2.75) is 18.3 Å². The summed E-state index contributed by atoms with van der Waals surface area (Å²) in [6.45, 7) is 4.25. The molecule has 0 bridgehead atoms. The minimum absolute atomic E-state index is 0.0296. The van der Waals surface area contributed by atoms with Gasteiger partial charge in [0, 0.05) is 29.4 Å². The van der Waals surface area contributed by atoms with E-state index in [0.717, 1.165) is 0 Å². The molecule has 0 radical (unpaired) electrons. The summed E-state index contributed by atoms with van der Waals surface area (Å²) in [5.41, 5.74) is 0.234. The topological polar surface area (TPSA) is 112 Å². The first-order chi connectivity index (χ1) is 15.4. The van der Waals surface area contributed by atoms with Crippen LogP contribution in [0.1, 0.15) is 5.82 Å². The summed E-state index contributed by atoms with van der Waals surface area (Å²) in [4.78, 5) is 22.6. The smallest absolute Gasteiger partial charge is 0.271 e. The number of ether oxygens (including phenoxy) is 1. The van der Waals surface area contributed by atoms with E-state index >= 15 is 0 Å². The van der Waals surface area contributed by atoms with Crippen LogP contribution >= 0.6 is 35.0 Å². The Morgan fingerprint density at radius 2 is 2.09 bits per heavy atom. The fourth-order valence-corrected chi connectivity index (χ4v) is 3.83. The molecule has 2 aromatic carbocycles. The van der Waals surface area contributed by atoms with Gasteiger partial charge in [-0.25, -0.2) is 0 Å². The van der Waals surface area contributed by atoms with Crippen LogP contribution in [-0.4, -0.2) is 31.3 Å². The number of anilines is 1. The molecule has 32 heavy (non-hydrogen) atoms. The Kier molecular flexibility index (Phi) is 8.09. The van der Waals surface area contributed by atoms with Gasteiger partial charge in [-0.1, -0.05) is 47.1 Å². The second kappa shape index (κ2) is 11.0. The zero-order valence-corrected chi connectivity index (χ0v) is 18.9. The van der Waals surface area contributed by atoms with Crippen LogP contribution in [0.25, 0.3) is 0 Å². The Hall–Kier alpha value is -3.08. The summed E-state index contributed by atoms with van der Waals surface area (Å²) in [6.07, 6.45) is 1.68. The molecule has 0 aliphatic rings. The molecular weight excluding hydrogens is 477 g/mol. The molecule has 166 valence electrons. The molecule has 1 heterocycles. The van der Waals surface area contributed by atoms with E-state index in [9.17, 15) is 14.9 Å². The quantitative estimate of drug-likeness (QED) is 0.183. The first-order valence-corrected chi connectivity index (χ1v) is 10.9. The largest absolute Gasteiger partial charge is 0.484 e. The van der Waals surface area contributed by atoms with Gasteiger partial charge in [0.05, 0.1) is 15.7 Å². The lowest BCUT2D eigenvalue weighted by Crippen LogP contribution is -2.15. The van der Waals surface area contributed by atoms with Crippen LogP contribution in [0.2, 0.25) is 10.0 Å². The maximum Gasteiger partial charge on any atom is 0.271 e. The number of non-ortho nitro benzene ring substituents is 1. The highest BCUT2D eigenvalue weighted by Crippen LogP contribution is 2.28. The maximum atomic E-state index is 12.3. The number of nitro benzene ring substituents is 1. The van der Waals surface area contributed by atoms with Crippen LogP contribution in [0.4, 0.5) is 11.4 Å². The number of aromatic nitrogens is 3. The van der Waals surface area contributed by atoms with E-state index in [1.807, 2.05) is 0 Å². The number of halogens is 2. The van der Waals surface area contributed by atoms with Crippen molar-refractivity contribution < 1.29 is 14.5 Å². The third-order valence-electron chi connectivity index (χ3n) is 4.03. The molecule has 0 saturated carbocycles. The number of allylic oxidation sites excluding steroid dienone is 1. The van der Waals surface area contributed by atoms with Crippen molar-refractivity contribution in [3.8, 4) is 5.75 Å². The molecule has 1 N–H and O–H groups in total. The minimum atomic E-state index is -0.525. The van der Waals surface area contributed by atoms with E-state index in [4.69, 9.17) is 27.9 Å². The molecule has 0 saturated heterocycles. The molecule has 1 aromatic heterocycles. The molecule has 0 fully saturated rings. The second-order valence-electron chi connectivity index (χ2n) is 6.31. The Bertz CT molecular complexity index is 1150. The summed E-state index contributed by atoms with van der Waals surface area (Å²) in [6, 6.07) is 10.6. The molecule has 0 atom stereocenters. The molecule has 12 heteroatoms. The molecule has 0 aliphatic carbocycles.